The van der Waals surface area contributed by atoms with Crippen LogP contribution in [0.2, 0.25) is 0 Å². The first kappa shape index (κ1) is 13.6. The molecule has 0 radical (unpaired) electrons. The molecule has 1 fully saturated rings. The van der Waals surface area contributed by atoms with Gasteiger partial charge in [-0.15, -0.1) is 0 Å². The summed E-state index contributed by atoms with van der Waals surface area (Å²) in [5.74, 6) is 1.02. The molecular weight excluding hydrogens is 218 g/mol. The van der Waals surface area contributed by atoms with E-state index in [1.54, 1.807) is 0 Å². The van der Waals surface area contributed by atoms with Crippen molar-refractivity contribution in [2.45, 2.75) is 64.5 Å². The van der Waals surface area contributed by atoms with Gasteiger partial charge in [0.1, 0.15) is 0 Å². The Kier molecular flexibility index (Phi) is 5.25. The Morgan fingerprint density at radius 2 is 1.72 bits per heavy atom. The summed E-state index contributed by atoms with van der Waals surface area (Å²) < 4.78 is 0. The van der Waals surface area contributed by atoms with Gasteiger partial charge in [-0.1, -0.05) is 57.0 Å². The van der Waals surface area contributed by atoms with Crippen LogP contribution in [0.4, 0.5) is 0 Å². The molecule has 0 amide bonds. The van der Waals surface area contributed by atoms with Gasteiger partial charge in [-0.2, -0.15) is 0 Å². The molecule has 2 unspecified atom stereocenters. The molecule has 100 valence electrons. The zero-order chi connectivity index (χ0) is 12.8. The first-order valence-electron chi connectivity index (χ1n) is 7.61. The predicted octanol–water partition coefficient (Wildman–Crippen LogP) is 4.18. The molecule has 1 nitrogen and oxygen atoms in total. The highest BCUT2D eigenvalue weighted by Crippen LogP contribution is 2.34. The topological polar surface area (TPSA) is 12.0 Å². The minimum Gasteiger partial charge on any atom is -0.311 e. The Bertz CT molecular complexity index is 329. The fourth-order valence-corrected chi connectivity index (χ4v) is 2.66. The molecule has 1 saturated carbocycles. The van der Waals surface area contributed by atoms with Crippen LogP contribution in [0.15, 0.2) is 30.3 Å². The SMILES string of the molecule is CCC(Cc1ccccc1)NC(CC)CC1CC1. The molecule has 1 aliphatic carbocycles. The van der Waals surface area contributed by atoms with E-state index in [9.17, 15) is 0 Å². The first-order valence-corrected chi connectivity index (χ1v) is 7.61. The third-order valence-corrected chi connectivity index (χ3v) is 4.10. The van der Waals surface area contributed by atoms with Crippen LogP contribution >= 0.6 is 0 Å². The van der Waals surface area contributed by atoms with Gasteiger partial charge in [0.2, 0.25) is 0 Å². The van der Waals surface area contributed by atoms with Crippen molar-refractivity contribution in [2.24, 2.45) is 5.92 Å². The van der Waals surface area contributed by atoms with Gasteiger partial charge in [0.15, 0.2) is 0 Å². The molecule has 0 bridgehead atoms. The maximum absolute atomic E-state index is 3.87. The van der Waals surface area contributed by atoms with Gasteiger partial charge >= 0.3 is 0 Å². The van der Waals surface area contributed by atoms with Crippen LogP contribution in [0, 0.1) is 5.92 Å². The Morgan fingerprint density at radius 3 is 2.28 bits per heavy atom. The number of benzene rings is 1. The normalized spacial score (nSPS) is 18.6. The van der Waals surface area contributed by atoms with Gasteiger partial charge < -0.3 is 5.32 Å². The van der Waals surface area contributed by atoms with Crippen LogP contribution in [-0.2, 0) is 6.42 Å². The third-order valence-electron chi connectivity index (χ3n) is 4.10. The summed E-state index contributed by atoms with van der Waals surface area (Å²) in [5, 5.41) is 3.87. The van der Waals surface area contributed by atoms with Gasteiger partial charge in [0.05, 0.1) is 0 Å². The predicted molar refractivity (Wildman–Crippen MR) is 78.8 cm³/mol. The average molecular weight is 245 g/mol. The van der Waals surface area contributed by atoms with E-state index < -0.39 is 0 Å². The highest BCUT2D eigenvalue weighted by atomic mass is 14.9. The van der Waals surface area contributed by atoms with Gasteiger partial charge in [0.25, 0.3) is 0 Å². The molecule has 1 heteroatoms. The van der Waals surface area contributed by atoms with Crippen LogP contribution in [0.3, 0.4) is 0 Å². The number of hydrogen-bond acceptors (Lipinski definition) is 1. The second kappa shape index (κ2) is 6.94. The molecule has 1 aromatic carbocycles. The zero-order valence-corrected chi connectivity index (χ0v) is 11.9. The van der Waals surface area contributed by atoms with Gasteiger partial charge in [-0.25, -0.2) is 0 Å². The summed E-state index contributed by atoms with van der Waals surface area (Å²) in [6.07, 6.45) is 7.97. The van der Waals surface area contributed by atoms with Crippen molar-refractivity contribution < 1.29 is 0 Å². The van der Waals surface area contributed by atoms with Crippen molar-refractivity contribution in [1.82, 2.24) is 5.32 Å². The third kappa shape index (κ3) is 4.45. The van der Waals surface area contributed by atoms with Crippen molar-refractivity contribution in [3.63, 3.8) is 0 Å². The Balaban J connectivity index is 1.83. The largest absolute Gasteiger partial charge is 0.311 e. The molecule has 18 heavy (non-hydrogen) atoms. The summed E-state index contributed by atoms with van der Waals surface area (Å²) >= 11 is 0. The minimum absolute atomic E-state index is 0.635. The van der Waals surface area contributed by atoms with Crippen LogP contribution in [0.25, 0.3) is 0 Å². The minimum atomic E-state index is 0.635. The van der Waals surface area contributed by atoms with E-state index >= 15 is 0 Å². The molecule has 1 N–H and O–H groups in total. The Morgan fingerprint density at radius 1 is 1.06 bits per heavy atom. The molecule has 0 aliphatic heterocycles. The molecule has 2 rings (SSSR count). The van der Waals surface area contributed by atoms with Crippen molar-refractivity contribution in [3.8, 4) is 0 Å². The van der Waals surface area contributed by atoms with Gasteiger partial charge in [-0.3, -0.25) is 0 Å². The molecule has 0 aromatic heterocycles. The fourth-order valence-electron chi connectivity index (χ4n) is 2.66. The van der Waals surface area contributed by atoms with Crippen molar-refractivity contribution in [1.29, 1.82) is 0 Å². The standard InChI is InChI=1S/C17H27N/c1-3-16(12-14-8-6-5-7-9-14)18-17(4-2)13-15-10-11-15/h5-9,15-18H,3-4,10-13H2,1-2H3. The number of nitrogens with one attached hydrogen (secondary N) is 1. The van der Waals surface area contributed by atoms with E-state index in [0.29, 0.717) is 6.04 Å². The lowest BCUT2D eigenvalue weighted by Gasteiger charge is -2.24. The Hall–Kier alpha value is -0.820. The van der Waals surface area contributed by atoms with Crippen LogP contribution < -0.4 is 5.32 Å². The number of hydrogen-bond donors (Lipinski definition) is 1. The van der Waals surface area contributed by atoms with E-state index in [1.807, 2.05) is 0 Å². The maximum atomic E-state index is 3.87. The fraction of sp³-hybridized carbons (Fsp3) is 0.647. The zero-order valence-electron chi connectivity index (χ0n) is 11.9. The van der Waals surface area contributed by atoms with Crippen LogP contribution in [-0.4, -0.2) is 12.1 Å². The summed E-state index contributed by atoms with van der Waals surface area (Å²) in [7, 11) is 0. The summed E-state index contributed by atoms with van der Waals surface area (Å²) in [4.78, 5) is 0. The molecule has 1 aromatic rings. The maximum Gasteiger partial charge on any atom is 0.0107 e. The highest BCUT2D eigenvalue weighted by molar-refractivity contribution is 5.15. The van der Waals surface area contributed by atoms with E-state index in [4.69, 9.17) is 0 Å². The monoisotopic (exact) mass is 245 g/mol. The van der Waals surface area contributed by atoms with Crippen molar-refractivity contribution in [2.75, 3.05) is 0 Å². The van der Waals surface area contributed by atoms with Crippen LogP contribution in [0.1, 0.15) is 51.5 Å². The van der Waals surface area contributed by atoms with Crippen molar-refractivity contribution in [3.05, 3.63) is 35.9 Å². The molecule has 2 atom stereocenters. The van der Waals surface area contributed by atoms with Crippen LogP contribution in [0.5, 0.6) is 0 Å². The second-order valence-corrected chi connectivity index (χ2v) is 5.75. The smallest absolute Gasteiger partial charge is 0.0107 e. The van der Waals surface area contributed by atoms with E-state index in [-0.39, 0.29) is 0 Å². The lowest BCUT2D eigenvalue weighted by molar-refractivity contribution is 0.375. The quantitative estimate of drug-likeness (QED) is 0.724. The summed E-state index contributed by atoms with van der Waals surface area (Å²) in [6, 6.07) is 12.2. The molecule has 0 spiro atoms. The molecular formula is C17H27N. The summed E-state index contributed by atoms with van der Waals surface area (Å²) in [5.41, 5.74) is 1.46. The average Bonchev–Trinajstić information content (AvgIpc) is 3.22. The molecule has 0 saturated heterocycles. The first-order chi connectivity index (χ1) is 8.81. The lowest BCUT2D eigenvalue weighted by atomic mass is 10.0. The van der Waals surface area contributed by atoms with Gasteiger partial charge in [-0.05, 0) is 37.2 Å². The van der Waals surface area contributed by atoms with Crippen molar-refractivity contribution >= 4 is 0 Å². The Labute approximate surface area is 112 Å². The second-order valence-electron chi connectivity index (χ2n) is 5.75. The van der Waals surface area contributed by atoms with E-state index in [1.165, 1.54) is 44.1 Å². The van der Waals surface area contributed by atoms with E-state index in [0.717, 1.165) is 12.0 Å². The van der Waals surface area contributed by atoms with Gasteiger partial charge in [0, 0.05) is 12.1 Å². The molecule has 0 heterocycles. The summed E-state index contributed by atoms with van der Waals surface area (Å²) in [6.45, 7) is 4.61. The lowest BCUT2D eigenvalue weighted by Crippen LogP contribution is -2.39. The van der Waals surface area contributed by atoms with E-state index in [2.05, 4.69) is 49.5 Å². The molecule has 1 aliphatic rings. The highest BCUT2D eigenvalue weighted by Gasteiger charge is 2.25. The number of rotatable bonds is 8.